The summed E-state index contributed by atoms with van der Waals surface area (Å²) in [5.74, 6) is 1.17. The fraction of sp³-hybridized carbons (Fsp3) is 0.615. The van der Waals surface area contributed by atoms with Crippen molar-refractivity contribution in [2.24, 2.45) is 0 Å². The summed E-state index contributed by atoms with van der Waals surface area (Å²) in [5.41, 5.74) is 6.62. The number of hydrogen-bond acceptors (Lipinski definition) is 3. The van der Waals surface area contributed by atoms with Crippen LogP contribution in [0.15, 0.2) is 23.4 Å². The minimum Gasteiger partial charge on any atom is -0.397 e. The molecule has 1 aromatic rings. The fourth-order valence-electron chi connectivity index (χ4n) is 1.59. The Labute approximate surface area is 103 Å². The zero-order valence-corrected chi connectivity index (χ0v) is 10.9. The van der Waals surface area contributed by atoms with Crippen molar-refractivity contribution >= 4 is 17.4 Å². The van der Waals surface area contributed by atoms with Crippen molar-refractivity contribution in [1.29, 1.82) is 0 Å². The Morgan fingerprint density at radius 3 is 2.69 bits per heavy atom. The van der Waals surface area contributed by atoms with Crippen LogP contribution in [-0.2, 0) is 0 Å². The quantitative estimate of drug-likeness (QED) is 0.547. The molecular weight excluding hydrogens is 216 g/mol. The van der Waals surface area contributed by atoms with Crippen LogP contribution in [-0.4, -0.2) is 10.7 Å². The molecule has 3 heteroatoms. The van der Waals surface area contributed by atoms with Crippen LogP contribution >= 0.6 is 11.8 Å². The first kappa shape index (κ1) is 13.4. The van der Waals surface area contributed by atoms with Gasteiger partial charge in [0.15, 0.2) is 0 Å². The van der Waals surface area contributed by atoms with Crippen LogP contribution in [0.1, 0.15) is 45.4 Å². The van der Waals surface area contributed by atoms with Crippen LogP contribution in [0.3, 0.4) is 0 Å². The molecule has 1 rings (SSSR count). The maximum Gasteiger partial charge on any atom is 0.0638 e. The topological polar surface area (TPSA) is 38.9 Å². The van der Waals surface area contributed by atoms with Gasteiger partial charge in [-0.15, -0.1) is 11.8 Å². The monoisotopic (exact) mass is 238 g/mol. The lowest BCUT2D eigenvalue weighted by atomic mass is 10.1. The van der Waals surface area contributed by atoms with E-state index in [2.05, 4.69) is 11.9 Å². The molecule has 1 heterocycles. The maximum absolute atomic E-state index is 5.82. The van der Waals surface area contributed by atoms with Crippen molar-refractivity contribution in [3.63, 3.8) is 0 Å². The normalized spacial score (nSPS) is 10.6. The van der Waals surface area contributed by atoms with Crippen LogP contribution in [0.25, 0.3) is 0 Å². The number of aromatic nitrogens is 1. The van der Waals surface area contributed by atoms with Gasteiger partial charge in [-0.2, -0.15) is 0 Å². The molecule has 2 N–H and O–H groups in total. The van der Waals surface area contributed by atoms with Gasteiger partial charge in [0.2, 0.25) is 0 Å². The highest BCUT2D eigenvalue weighted by Gasteiger charge is 1.98. The zero-order valence-electron chi connectivity index (χ0n) is 10.1. The molecule has 0 aliphatic rings. The van der Waals surface area contributed by atoms with Crippen LogP contribution in [0.4, 0.5) is 5.69 Å². The molecule has 0 aliphatic carbocycles. The number of thioether (sulfide) groups is 1. The number of nitrogen functional groups attached to an aromatic ring is 1. The Bertz CT molecular complexity index is 289. The molecule has 0 amide bonds. The Hall–Kier alpha value is -0.700. The van der Waals surface area contributed by atoms with E-state index < -0.39 is 0 Å². The fourth-order valence-corrected chi connectivity index (χ4v) is 2.53. The van der Waals surface area contributed by atoms with Crippen molar-refractivity contribution in [1.82, 2.24) is 4.98 Å². The average Bonchev–Trinajstić information content (AvgIpc) is 2.30. The van der Waals surface area contributed by atoms with Gasteiger partial charge in [0.05, 0.1) is 11.9 Å². The van der Waals surface area contributed by atoms with Gasteiger partial charge in [0, 0.05) is 11.1 Å². The highest BCUT2D eigenvalue weighted by atomic mass is 32.2. The lowest BCUT2D eigenvalue weighted by molar-refractivity contribution is 0.627. The van der Waals surface area contributed by atoms with E-state index >= 15 is 0 Å². The first-order chi connectivity index (χ1) is 7.84. The van der Waals surface area contributed by atoms with Crippen molar-refractivity contribution in [3.05, 3.63) is 18.5 Å². The predicted molar refractivity (Wildman–Crippen MR) is 72.7 cm³/mol. The SMILES string of the molecule is CCCCCCCCSc1ccncc1N. The van der Waals surface area contributed by atoms with Gasteiger partial charge >= 0.3 is 0 Å². The van der Waals surface area contributed by atoms with Crippen LogP contribution in [0.5, 0.6) is 0 Å². The van der Waals surface area contributed by atoms with Gasteiger partial charge in [-0.25, -0.2) is 0 Å². The molecule has 2 nitrogen and oxygen atoms in total. The molecule has 0 spiro atoms. The van der Waals surface area contributed by atoms with E-state index in [1.807, 2.05) is 17.8 Å². The van der Waals surface area contributed by atoms with Gasteiger partial charge in [0.25, 0.3) is 0 Å². The largest absolute Gasteiger partial charge is 0.397 e. The zero-order chi connectivity index (χ0) is 11.6. The molecule has 0 saturated carbocycles. The first-order valence-corrected chi connectivity index (χ1v) is 7.15. The number of hydrogen-bond donors (Lipinski definition) is 1. The summed E-state index contributed by atoms with van der Waals surface area (Å²) in [6.07, 6.45) is 11.6. The van der Waals surface area contributed by atoms with Crippen LogP contribution in [0.2, 0.25) is 0 Å². The molecule has 90 valence electrons. The molecule has 0 atom stereocenters. The van der Waals surface area contributed by atoms with E-state index in [4.69, 9.17) is 5.73 Å². The minimum atomic E-state index is 0.804. The van der Waals surface area contributed by atoms with E-state index in [0.29, 0.717) is 0 Å². The number of rotatable bonds is 8. The van der Waals surface area contributed by atoms with Gasteiger partial charge in [-0.1, -0.05) is 39.0 Å². The summed E-state index contributed by atoms with van der Waals surface area (Å²) in [6, 6.07) is 2.00. The minimum absolute atomic E-state index is 0.804. The summed E-state index contributed by atoms with van der Waals surface area (Å²) < 4.78 is 0. The predicted octanol–water partition coefficient (Wildman–Crippen LogP) is 4.12. The highest BCUT2D eigenvalue weighted by Crippen LogP contribution is 2.24. The molecule has 0 unspecified atom stereocenters. The second-order valence-electron chi connectivity index (χ2n) is 4.03. The molecule has 0 aliphatic heterocycles. The molecule has 1 aromatic heterocycles. The number of nitrogens with two attached hydrogens (primary N) is 1. The Morgan fingerprint density at radius 1 is 1.19 bits per heavy atom. The number of nitrogens with zero attached hydrogens (tertiary/aromatic N) is 1. The second-order valence-corrected chi connectivity index (χ2v) is 5.17. The molecule has 0 bridgehead atoms. The highest BCUT2D eigenvalue weighted by molar-refractivity contribution is 7.99. The summed E-state index contributed by atoms with van der Waals surface area (Å²) in [5, 5.41) is 0. The maximum atomic E-state index is 5.82. The number of unbranched alkanes of at least 4 members (excludes halogenated alkanes) is 5. The van der Waals surface area contributed by atoms with Gasteiger partial charge in [-0.05, 0) is 18.2 Å². The van der Waals surface area contributed by atoms with Crippen LogP contribution < -0.4 is 5.73 Å². The summed E-state index contributed by atoms with van der Waals surface area (Å²) in [6.45, 7) is 2.25. The Morgan fingerprint density at radius 2 is 1.94 bits per heavy atom. The third-order valence-electron chi connectivity index (χ3n) is 2.57. The number of pyridine rings is 1. The van der Waals surface area contributed by atoms with E-state index in [1.165, 1.54) is 49.2 Å². The standard InChI is InChI=1S/C13H22N2S/c1-2-3-4-5-6-7-10-16-13-8-9-15-11-12(13)14/h8-9,11H,2-7,10,14H2,1H3. The summed E-state index contributed by atoms with van der Waals surface area (Å²) >= 11 is 1.85. The van der Waals surface area contributed by atoms with Gasteiger partial charge < -0.3 is 5.73 Å². The average molecular weight is 238 g/mol. The summed E-state index contributed by atoms with van der Waals surface area (Å²) in [7, 11) is 0. The lowest BCUT2D eigenvalue weighted by Crippen LogP contribution is -1.90. The molecule has 0 aromatic carbocycles. The molecule has 16 heavy (non-hydrogen) atoms. The molecule has 0 radical (unpaired) electrons. The second kappa shape index (κ2) is 8.45. The smallest absolute Gasteiger partial charge is 0.0638 e. The molecule has 0 fully saturated rings. The van der Waals surface area contributed by atoms with Crippen molar-refractivity contribution in [3.8, 4) is 0 Å². The third kappa shape index (κ3) is 5.40. The van der Waals surface area contributed by atoms with Crippen molar-refractivity contribution in [2.45, 2.75) is 50.3 Å². The Kier molecular flexibility index (Phi) is 7.06. The van der Waals surface area contributed by atoms with Crippen molar-refractivity contribution in [2.75, 3.05) is 11.5 Å². The van der Waals surface area contributed by atoms with Crippen molar-refractivity contribution < 1.29 is 0 Å². The van der Waals surface area contributed by atoms with Crippen LogP contribution in [0, 0.1) is 0 Å². The Balaban J connectivity index is 2.05. The van der Waals surface area contributed by atoms with E-state index in [0.717, 1.165) is 5.69 Å². The van der Waals surface area contributed by atoms with E-state index in [1.54, 1.807) is 12.4 Å². The third-order valence-corrected chi connectivity index (χ3v) is 3.74. The molecular formula is C13H22N2S. The lowest BCUT2D eigenvalue weighted by Gasteiger charge is -2.04. The first-order valence-electron chi connectivity index (χ1n) is 6.17. The van der Waals surface area contributed by atoms with E-state index in [-0.39, 0.29) is 0 Å². The number of anilines is 1. The van der Waals surface area contributed by atoms with Gasteiger partial charge in [-0.3, -0.25) is 4.98 Å². The molecule has 0 saturated heterocycles. The van der Waals surface area contributed by atoms with E-state index in [9.17, 15) is 0 Å². The van der Waals surface area contributed by atoms with Gasteiger partial charge in [0.1, 0.15) is 0 Å². The summed E-state index contributed by atoms with van der Waals surface area (Å²) in [4.78, 5) is 5.15.